The summed E-state index contributed by atoms with van der Waals surface area (Å²) < 4.78 is 18.6. The van der Waals surface area contributed by atoms with E-state index in [1.165, 1.54) is 12.1 Å². The van der Waals surface area contributed by atoms with Crippen molar-refractivity contribution in [1.29, 1.82) is 0 Å². The fourth-order valence-electron chi connectivity index (χ4n) is 2.06. The van der Waals surface area contributed by atoms with Crippen LogP contribution in [0, 0.1) is 5.82 Å². The van der Waals surface area contributed by atoms with Gasteiger partial charge in [0.05, 0.1) is 22.9 Å². The molecule has 3 rings (SSSR count). The molecular weight excluding hydrogens is 295 g/mol. The molecule has 1 aliphatic heterocycles. The van der Waals surface area contributed by atoms with E-state index >= 15 is 0 Å². The van der Waals surface area contributed by atoms with Crippen LogP contribution < -0.4 is 15.4 Å². The predicted octanol–water partition coefficient (Wildman–Crippen LogP) is 3.29. The van der Waals surface area contributed by atoms with Crippen molar-refractivity contribution >= 4 is 28.9 Å². The molecule has 0 saturated heterocycles. The van der Waals surface area contributed by atoms with Gasteiger partial charge in [-0.05, 0) is 30.3 Å². The first-order valence-corrected chi connectivity index (χ1v) is 6.77. The van der Waals surface area contributed by atoms with Crippen LogP contribution in [-0.2, 0) is 4.79 Å². The second-order valence-electron chi connectivity index (χ2n) is 4.60. The molecule has 0 aliphatic carbocycles. The molecule has 1 heterocycles. The quantitative estimate of drug-likeness (QED) is 0.895. The Hall–Kier alpha value is -2.27. The smallest absolute Gasteiger partial charge is 0.267 e. The van der Waals surface area contributed by atoms with E-state index < -0.39 is 11.9 Å². The minimum absolute atomic E-state index is 0.146. The van der Waals surface area contributed by atoms with Crippen LogP contribution in [0.2, 0.25) is 5.02 Å². The monoisotopic (exact) mass is 306 g/mol. The number of halogens is 2. The summed E-state index contributed by atoms with van der Waals surface area (Å²) in [5.41, 5.74) is 1.20. The summed E-state index contributed by atoms with van der Waals surface area (Å²) in [4.78, 5) is 12.2. The van der Waals surface area contributed by atoms with Gasteiger partial charge in [-0.1, -0.05) is 23.7 Å². The lowest BCUT2D eigenvalue weighted by Gasteiger charge is -2.26. The molecule has 1 unspecified atom stereocenters. The van der Waals surface area contributed by atoms with Crippen LogP contribution in [0.3, 0.4) is 0 Å². The molecule has 1 amide bonds. The van der Waals surface area contributed by atoms with Crippen molar-refractivity contribution in [3.63, 3.8) is 0 Å². The second kappa shape index (κ2) is 5.61. The molecule has 0 spiro atoms. The van der Waals surface area contributed by atoms with Crippen LogP contribution >= 0.6 is 11.6 Å². The van der Waals surface area contributed by atoms with Crippen molar-refractivity contribution in [2.75, 3.05) is 17.2 Å². The molecule has 0 saturated carbocycles. The van der Waals surface area contributed by atoms with Crippen LogP contribution in [0.4, 0.5) is 15.8 Å². The first-order valence-electron chi connectivity index (χ1n) is 6.39. The third-order valence-electron chi connectivity index (χ3n) is 3.12. The van der Waals surface area contributed by atoms with Crippen LogP contribution in [0.15, 0.2) is 42.5 Å². The van der Waals surface area contributed by atoms with E-state index in [9.17, 15) is 9.18 Å². The highest BCUT2D eigenvalue weighted by atomic mass is 35.5. The molecule has 1 aliphatic rings. The Kier molecular flexibility index (Phi) is 3.66. The molecule has 2 aromatic rings. The minimum Gasteiger partial charge on any atom is -0.477 e. The van der Waals surface area contributed by atoms with Crippen LogP contribution in [0.5, 0.6) is 5.75 Å². The number of anilines is 2. The number of carbonyl (C=O) groups excluding carboxylic acids is 1. The molecule has 21 heavy (non-hydrogen) atoms. The summed E-state index contributed by atoms with van der Waals surface area (Å²) >= 11 is 5.88. The van der Waals surface area contributed by atoms with Crippen molar-refractivity contribution in [2.45, 2.75) is 6.10 Å². The maximum atomic E-state index is 13.0. The maximum Gasteiger partial charge on any atom is 0.267 e. The van der Waals surface area contributed by atoms with Gasteiger partial charge in [0, 0.05) is 0 Å². The number of para-hydroxylation sites is 2. The van der Waals surface area contributed by atoms with Crippen molar-refractivity contribution in [3.8, 4) is 5.75 Å². The van der Waals surface area contributed by atoms with Gasteiger partial charge in [-0.3, -0.25) is 4.79 Å². The average molecular weight is 307 g/mol. The zero-order chi connectivity index (χ0) is 14.8. The van der Waals surface area contributed by atoms with E-state index in [1.807, 2.05) is 18.2 Å². The molecule has 4 nitrogen and oxygen atoms in total. The van der Waals surface area contributed by atoms with Gasteiger partial charge in [0.1, 0.15) is 11.6 Å². The molecule has 108 valence electrons. The van der Waals surface area contributed by atoms with Gasteiger partial charge in [-0.2, -0.15) is 0 Å². The molecule has 1 atom stereocenters. The zero-order valence-corrected chi connectivity index (χ0v) is 11.7. The minimum atomic E-state index is -0.680. The predicted molar refractivity (Wildman–Crippen MR) is 79.4 cm³/mol. The first kappa shape index (κ1) is 13.7. The fourth-order valence-corrected chi connectivity index (χ4v) is 2.28. The normalized spacial score (nSPS) is 16.4. The number of rotatable bonds is 2. The average Bonchev–Trinajstić information content (AvgIpc) is 2.49. The topological polar surface area (TPSA) is 50.4 Å². The van der Waals surface area contributed by atoms with E-state index in [1.54, 1.807) is 6.07 Å². The summed E-state index contributed by atoms with van der Waals surface area (Å²) in [6.07, 6.45) is -0.680. The Bertz CT molecular complexity index is 693. The van der Waals surface area contributed by atoms with E-state index in [0.717, 1.165) is 11.8 Å². The van der Waals surface area contributed by atoms with Crippen molar-refractivity contribution in [2.24, 2.45) is 0 Å². The molecule has 0 aromatic heterocycles. The van der Waals surface area contributed by atoms with E-state index in [2.05, 4.69) is 10.6 Å². The summed E-state index contributed by atoms with van der Waals surface area (Å²) in [6, 6.07) is 11.2. The van der Waals surface area contributed by atoms with Crippen LogP contribution in [-0.4, -0.2) is 18.6 Å². The Balaban J connectivity index is 1.72. The lowest BCUT2D eigenvalue weighted by molar-refractivity contribution is -0.122. The third kappa shape index (κ3) is 2.92. The number of carbonyl (C=O) groups is 1. The Morgan fingerprint density at radius 2 is 2.14 bits per heavy atom. The van der Waals surface area contributed by atoms with E-state index in [4.69, 9.17) is 16.3 Å². The van der Waals surface area contributed by atoms with Gasteiger partial charge in [0.25, 0.3) is 5.91 Å². The molecule has 0 bridgehead atoms. The fraction of sp³-hybridized carbons (Fsp3) is 0.133. The highest BCUT2D eigenvalue weighted by Gasteiger charge is 2.26. The number of nitrogens with one attached hydrogen (secondary N) is 2. The molecule has 6 heteroatoms. The summed E-state index contributed by atoms with van der Waals surface area (Å²) in [5.74, 6) is -0.179. The summed E-state index contributed by atoms with van der Waals surface area (Å²) in [5, 5.41) is 5.91. The van der Waals surface area contributed by atoms with Crippen molar-refractivity contribution < 1.29 is 13.9 Å². The number of hydrogen-bond donors (Lipinski definition) is 2. The van der Waals surface area contributed by atoms with Crippen molar-refractivity contribution in [1.82, 2.24) is 0 Å². The van der Waals surface area contributed by atoms with Gasteiger partial charge in [0.15, 0.2) is 6.10 Å². The highest BCUT2D eigenvalue weighted by molar-refractivity contribution is 6.33. The van der Waals surface area contributed by atoms with Gasteiger partial charge >= 0.3 is 0 Å². The Morgan fingerprint density at radius 1 is 1.33 bits per heavy atom. The lowest BCUT2D eigenvalue weighted by Crippen LogP contribution is -2.41. The molecule has 0 radical (unpaired) electrons. The van der Waals surface area contributed by atoms with Crippen LogP contribution in [0.1, 0.15) is 0 Å². The van der Waals surface area contributed by atoms with Gasteiger partial charge in [0.2, 0.25) is 0 Å². The maximum absolute atomic E-state index is 13.0. The SMILES string of the molecule is O=C(Nc1ccc(F)cc1Cl)C1CNc2ccccc2O1. The lowest BCUT2D eigenvalue weighted by atomic mass is 10.2. The number of benzene rings is 2. The standard InChI is InChI=1S/C15H12ClFN2O2/c16-10-7-9(17)5-6-11(10)19-15(20)14-8-18-12-3-1-2-4-13(12)21-14/h1-7,14,18H,8H2,(H,19,20). The van der Waals surface area contributed by atoms with Crippen LogP contribution in [0.25, 0.3) is 0 Å². The Morgan fingerprint density at radius 3 is 2.95 bits per heavy atom. The molecular formula is C15H12ClFN2O2. The highest BCUT2D eigenvalue weighted by Crippen LogP contribution is 2.29. The molecule has 0 fully saturated rings. The number of amides is 1. The third-order valence-corrected chi connectivity index (χ3v) is 3.43. The number of hydrogen-bond acceptors (Lipinski definition) is 3. The molecule has 2 N–H and O–H groups in total. The van der Waals surface area contributed by atoms with E-state index in [-0.39, 0.29) is 10.9 Å². The summed E-state index contributed by atoms with van der Waals surface area (Å²) in [6.45, 7) is 0.349. The Labute approximate surface area is 125 Å². The number of fused-ring (bicyclic) bond motifs is 1. The summed E-state index contributed by atoms with van der Waals surface area (Å²) in [7, 11) is 0. The number of ether oxygens (including phenoxy) is 1. The zero-order valence-electron chi connectivity index (χ0n) is 10.9. The van der Waals surface area contributed by atoms with E-state index in [0.29, 0.717) is 18.0 Å². The first-order chi connectivity index (χ1) is 10.1. The van der Waals surface area contributed by atoms with Gasteiger partial charge < -0.3 is 15.4 Å². The molecule has 2 aromatic carbocycles. The van der Waals surface area contributed by atoms with Gasteiger partial charge in [-0.15, -0.1) is 0 Å². The largest absolute Gasteiger partial charge is 0.477 e. The van der Waals surface area contributed by atoms with Crippen molar-refractivity contribution in [3.05, 3.63) is 53.3 Å². The van der Waals surface area contributed by atoms with Gasteiger partial charge in [-0.25, -0.2) is 4.39 Å². The second-order valence-corrected chi connectivity index (χ2v) is 5.00.